The summed E-state index contributed by atoms with van der Waals surface area (Å²) in [6, 6.07) is 22.3. The van der Waals surface area contributed by atoms with Crippen LogP contribution in [0.15, 0.2) is 113 Å². The minimum atomic E-state index is -4.67. The Labute approximate surface area is 286 Å². The lowest BCUT2D eigenvalue weighted by Gasteiger charge is -2.29. The van der Waals surface area contributed by atoms with Gasteiger partial charge in [0, 0.05) is 34.9 Å². The van der Waals surface area contributed by atoms with Crippen molar-refractivity contribution in [1.82, 2.24) is 0 Å². The molecular formula is C35H28N3O6S4-. The molecular weight excluding hydrogens is 687 g/mol. The second kappa shape index (κ2) is 11.9. The van der Waals surface area contributed by atoms with Crippen LogP contribution in [0.1, 0.15) is 11.4 Å². The Morgan fingerprint density at radius 3 is 2.50 bits per heavy atom. The lowest BCUT2D eigenvalue weighted by Crippen LogP contribution is -2.36. The van der Waals surface area contributed by atoms with Crippen LogP contribution in [0.3, 0.4) is 0 Å². The number of rotatable bonds is 8. The van der Waals surface area contributed by atoms with Crippen LogP contribution < -0.4 is 14.4 Å². The Morgan fingerprint density at radius 2 is 1.67 bits per heavy atom. The number of benzene rings is 4. The number of allylic oxidation sites excluding steroid dienone is 2. The summed E-state index contributed by atoms with van der Waals surface area (Å²) in [5, 5.41) is 5.49. The number of hydrogen-bond donors (Lipinski definition) is 0. The van der Waals surface area contributed by atoms with Gasteiger partial charge in [-0.1, -0.05) is 89.9 Å². The van der Waals surface area contributed by atoms with Gasteiger partial charge in [-0.15, -0.1) is 0 Å². The predicted molar refractivity (Wildman–Crippen MR) is 191 cm³/mol. The van der Waals surface area contributed by atoms with Gasteiger partial charge in [0.05, 0.1) is 38.3 Å². The number of anilines is 2. The molecule has 244 valence electrons. The van der Waals surface area contributed by atoms with Crippen LogP contribution in [0.25, 0.3) is 37.8 Å². The van der Waals surface area contributed by atoms with Crippen molar-refractivity contribution in [3.63, 3.8) is 0 Å². The highest BCUT2D eigenvalue weighted by Gasteiger charge is 2.33. The van der Waals surface area contributed by atoms with Gasteiger partial charge in [0.15, 0.2) is 6.54 Å². The zero-order valence-corrected chi connectivity index (χ0v) is 28.6. The van der Waals surface area contributed by atoms with Crippen molar-refractivity contribution in [3.05, 3.63) is 113 Å². The van der Waals surface area contributed by atoms with Crippen LogP contribution in [0.2, 0.25) is 0 Å². The second-order valence-corrected chi connectivity index (χ2v) is 17.0. The molecule has 0 bridgehead atoms. The molecule has 0 spiro atoms. The monoisotopic (exact) mass is 714 g/mol. The molecule has 2 unspecified atom stereocenters. The van der Waals surface area contributed by atoms with Crippen LogP contribution >= 0.6 is 23.1 Å². The molecule has 0 fully saturated rings. The number of hydrogen-bond acceptors (Lipinski definition) is 10. The summed E-state index contributed by atoms with van der Waals surface area (Å²) >= 11 is 2.86. The van der Waals surface area contributed by atoms with Gasteiger partial charge in [-0.3, -0.25) is 0 Å². The summed E-state index contributed by atoms with van der Waals surface area (Å²) in [5.41, 5.74) is 2.40. The molecule has 2 atom stereocenters. The number of nitrogens with zero attached hydrogens (tertiary/aromatic N) is 3. The smallest absolute Gasteiger partial charge is 0.265 e. The van der Waals surface area contributed by atoms with Crippen molar-refractivity contribution in [2.45, 2.75) is 23.9 Å². The van der Waals surface area contributed by atoms with E-state index in [0.29, 0.717) is 10.7 Å². The van der Waals surface area contributed by atoms with E-state index in [1.807, 2.05) is 65.4 Å². The third-order valence-electron chi connectivity index (χ3n) is 8.87. The molecule has 4 aromatic carbocycles. The van der Waals surface area contributed by atoms with Crippen LogP contribution in [0, 0.1) is 5.92 Å². The first-order chi connectivity index (χ1) is 23.0. The van der Waals surface area contributed by atoms with E-state index in [-0.39, 0.29) is 24.9 Å². The maximum atomic E-state index is 12.3. The van der Waals surface area contributed by atoms with Gasteiger partial charge in [0.1, 0.15) is 20.7 Å². The maximum Gasteiger partial charge on any atom is 0.265 e. The number of thioether (sulfide) groups is 1. The second-order valence-electron chi connectivity index (χ2n) is 11.9. The summed E-state index contributed by atoms with van der Waals surface area (Å²) in [7, 11) is -9.10. The highest BCUT2D eigenvalue weighted by atomic mass is 32.2. The quantitative estimate of drug-likeness (QED) is 0.104. The summed E-state index contributed by atoms with van der Waals surface area (Å²) in [5.74, 6) is -1.02. The fraction of sp³-hybridized carbons (Fsp3) is 0.171. The van der Waals surface area contributed by atoms with Crippen LogP contribution in [0.4, 0.5) is 11.4 Å². The minimum Gasteiger partial charge on any atom is -0.748 e. The van der Waals surface area contributed by atoms with Gasteiger partial charge >= 0.3 is 0 Å². The molecule has 0 saturated carbocycles. The molecule has 1 aromatic heterocycles. The van der Waals surface area contributed by atoms with Crippen molar-refractivity contribution in [2.24, 2.45) is 5.92 Å². The summed E-state index contributed by atoms with van der Waals surface area (Å²) in [4.78, 5) is 4.50. The van der Waals surface area contributed by atoms with E-state index in [4.69, 9.17) is 0 Å². The van der Waals surface area contributed by atoms with E-state index < -0.39 is 31.9 Å². The molecule has 9 nitrogen and oxygen atoms in total. The summed E-state index contributed by atoms with van der Waals surface area (Å²) in [6.07, 6.45) is 14.4. The maximum absolute atomic E-state index is 12.3. The molecule has 5 aromatic rings. The highest BCUT2D eigenvalue weighted by Crippen LogP contribution is 2.49. The molecule has 0 radical (unpaired) electrons. The lowest BCUT2D eigenvalue weighted by molar-refractivity contribution is -0.667. The molecule has 1 aliphatic carbocycles. The molecule has 0 N–H and O–H groups in total. The zero-order chi connectivity index (χ0) is 33.2. The highest BCUT2D eigenvalue weighted by molar-refractivity contribution is 8.04. The van der Waals surface area contributed by atoms with Gasteiger partial charge in [-0.05, 0) is 46.5 Å². The number of aromatic nitrogens is 1. The van der Waals surface area contributed by atoms with Crippen LogP contribution in [0.5, 0.6) is 0 Å². The van der Waals surface area contributed by atoms with Gasteiger partial charge in [-0.25, -0.2) is 16.8 Å². The molecule has 3 aliphatic rings. The van der Waals surface area contributed by atoms with E-state index in [1.165, 1.54) is 23.1 Å². The first-order valence-electron chi connectivity index (χ1n) is 15.3. The van der Waals surface area contributed by atoms with Crippen molar-refractivity contribution >= 4 is 92.5 Å². The molecule has 48 heavy (non-hydrogen) atoms. The first kappa shape index (κ1) is 31.3. The van der Waals surface area contributed by atoms with Gasteiger partial charge in [0.25, 0.3) is 5.01 Å². The Morgan fingerprint density at radius 1 is 0.854 bits per heavy atom. The van der Waals surface area contributed by atoms with Gasteiger partial charge in [0.2, 0.25) is 5.52 Å². The largest absolute Gasteiger partial charge is 0.748 e. The molecule has 8 rings (SSSR count). The van der Waals surface area contributed by atoms with E-state index in [9.17, 15) is 25.9 Å². The fourth-order valence-electron chi connectivity index (χ4n) is 6.79. The average Bonchev–Trinajstić information content (AvgIpc) is 3.73. The fourth-order valence-corrected chi connectivity index (χ4v) is 10.2. The third kappa shape index (κ3) is 5.84. The molecule has 2 aliphatic heterocycles. The van der Waals surface area contributed by atoms with E-state index in [1.54, 1.807) is 4.90 Å². The summed E-state index contributed by atoms with van der Waals surface area (Å²) in [6.45, 7) is 0.250. The molecule has 3 heterocycles. The van der Waals surface area contributed by atoms with Crippen molar-refractivity contribution < 1.29 is 30.5 Å². The van der Waals surface area contributed by atoms with E-state index in [0.717, 1.165) is 47.4 Å². The molecule has 13 heteroatoms. The lowest BCUT2D eigenvalue weighted by atomic mass is 9.97. The number of fused-ring (bicyclic) bond motifs is 7. The Kier molecular flexibility index (Phi) is 7.73. The summed E-state index contributed by atoms with van der Waals surface area (Å²) < 4.78 is 74.4. The van der Waals surface area contributed by atoms with E-state index in [2.05, 4.69) is 53.5 Å². The van der Waals surface area contributed by atoms with Crippen molar-refractivity contribution in [1.29, 1.82) is 0 Å². The topological polar surface area (TPSA) is 125 Å². The predicted octanol–water partition coefficient (Wildman–Crippen LogP) is 6.29. The normalized spacial score (nSPS) is 19.8. The van der Waals surface area contributed by atoms with Crippen molar-refractivity contribution in [2.75, 3.05) is 21.4 Å². The molecule has 0 saturated heterocycles. The molecule has 0 amide bonds. The van der Waals surface area contributed by atoms with E-state index >= 15 is 0 Å². The van der Waals surface area contributed by atoms with Crippen molar-refractivity contribution in [3.8, 4) is 0 Å². The minimum absolute atomic E-state index is 0.104. The SMILES string of the molecule is O=S(=O)([O-])CCC[n+]1c(C=C2Sc3ccc(N4C=CC5C=CC=CC54)cc3N2CS(=O)(=O)[O-])sc2ccc3c4ccccc4ccc3c21. The Bertz CT molecular complexity index is 2480. The average molecular weight is 715 g/mol. The van der Waals surface area contributed by atoms with Crippen LogP contribution in [-0.2, 0) is 26.8 Å². The van der Waals surface area contributed by atoms with Gasteiger partial charge < -0.3 is 18.9 Å². The van der Waals surface area contributed by atoms with Crippen LogP contribution in [-0.4, -0.2) is 43.6 Å². The number of thiazole rings is 1. The zero-order valence-electron chi connectivity index (χ0n) is 25.3. The number of aryl methyl sites for hydroxylation is 1. The van der Waals surface area contributed by atoms with Gasteiger partial charge in [-0.2, -0.15) is 4.57 Å². The Hall–Kier alpha value is -3.98. The first-order valence-corrected chi connectivity index (χ1v) is 20.1. The standard InChI is InChI=1S/C35H29N3O6S4/c39-47(40,41)19-5-17-37-33(46-32-15-13-27-26-8-3-1-6-23(26)10-12-28(27)35(32)37)21-34-38(22-48(42,43)44)30-20-25(11-14-31(30)45-34)36-18-16-24-7-2-4-9-29(24)36/h1-4,6-16,18,20-21,24,29H,5,17,19,22H2,(H-,39,40,41,42,43,44)/p-1. The third-order valence-corrected chi connectivity index (χ3v) is 12.4. The Balaban J connectivity index is 1.25.